The summed E-state index contributed by atoms with van der Waals surface area (Å²) in [7, 11) is 0. The minimum absolute atomic E-state index is 0.221. The van der Waals surface area contributed by atoms with E-state index in [-0.39, 0.29) is 6.09 Å². The highest BCUT2D eigenvalue weighted by molar-refractivity contribution is 9.10. The Labute approximate surface area is 187 Å². The summed E-state index contributed by atoms with van der Waals surface area (Å²) in [5.41, 5.74) is 5.15. The van der Waals surface area contributed by atoms with E-state index >= 15 is 0 Å². The Hall–Kier alpha value is -2.01. The molecule has 5 rings (SSSR count). The minimum atomic E-state index is -0.221. The van der Waals surface area contributed by atoms with Gasteiger partial charge in [0.25, 0.3) is 0 Å². The van der Waals surface area contributed by atoms with Crippen molar-refractivity contribution in [2.75, 3.05) is 24.5 Å². The number of anilines is 1. The molecule has 5 heteroatoms. The molecule has 2 unspecified atom stereocenters. The molecule has 2 aromatic carbocycles. The number of carbonyl (C=O) groups is 1. The van der Waals surface area contributed by atoms with Crippen LogP contribution in [0.5, 0.6) is 0 Å². The molecule has 1 aliphatic carbocycles. The van der Waals surface area contributed by atoms with Gasteiger partial charge in [0.05, 0.1) is 6.54 Å². The summed E-state index contributed by atoms with van der Waals surface area (Å²) >= 11 is 3.75. The summed E-state index contributed by atoms with van der Waals surface area (Å²) in [6.07, 6.45) is 6.45. The number of amides is 1. The van der Waals surface area contributed by atoms with Gasteiger partial charge in [-0.05, 0) is 53.5 Å². The molecule has 0 N–H and O–H groups in total. The third kappa shape index (κ3) is 3.96. The first-order chi connectivity index (χ1) is 14.7. The molecule has 4 nitrogen and oxygen atoms in total. The second kappa shape index (κ2) is 8.62. The maximum atomic E-state index is 12.9. The summed E-state index contributed by atoms with van der Waals surface area (Å²) in [5.74, 6) is 1.39. The zero-order chi connectivity index (χ0) is 20.5. The number of benzene rings is 2. The second-order valence-electron chi connectivity index (χ2n) is 8.92. The van der Waals surface area contributed by atoms with Crippen molar-refractivity contribution in [2.24, 2.45) is 5.92 Å². The van der Waals surface area contributed by atoms with Crippen LogP contribution in [-0.4, -0.2) is 30.6 Å². The molecule has 0 saturated heterocycles. The topological polar surface area (TPSA) is 32.8 Å². The number of halogens is 1. The number of hydrogen-bond acceptors (Lipinski definition) is 3. The van der Waals surface area contributed by atoms with Gasteiger partial charge >= 0.3 is 6.09 Å². The number of carbonyl (C=O) groups excluding carboxylic acids is 1. The van der Waals surface area contributed by atoms with Crippen molar-refractivity contribution in [1.82, 2.24) is 4.90 Å². The van der Waals surface area contributed by atoms with Crippen LogP contribution in [0, 0.1) is 5.92 Å². The second-order valence-corrected chi connectivity index (χ2v) is 9.83. The van der Waals surface area contributed by atoms with Crippen LogP contribution in [0.25, 0.3) is 0 Å². The fourth-order valence-electron chi connectivity index (χ4n) is 5.55. The average Bonchev–Trinajstić information content (AvgIpc) is 3.10. The maximum absolute atomic E-state index is 12.9. The van der Waals surface area contributed by atoms with Gasteiger partial charge in [0, 0.05) is 29.8 Å². The Morgan fingerprint density at radius 1 is 1.07 bits per heavy atom. The lowest BCUT2D eigenvalue weighted by molar-refractivity contribution is 0.0953. The molecule has 1 saturated carbocycles. The molecule has 2 atom stereocenters. The third-order valence-electron chi connectivity index (χ3n) is 6.98. The van der Waals surface area contributed by atoms with Crippen molar-refractivity contribution in [1.29, 1.82) is 0 Å². The Morgan fingerprint density at radius 2 is 1.90 bits per heavy atom. The van der Waals surface area contributed by atoms with E-state index in [4.69, 9.17) is 4.74 Å². The van der Waals surface area contributed by atoms with Gasteiger partial charge in [0.1, 0.15) is 6.61 Å². The van der Waals surface area contributed by atoms with E-state index in [2.05, 4.69) is 33.0 Å². The molecule has 0 spiro atoms. The van der Waals surface area contributed by atoms with E-state index in [1.807, 2.05) is 35.2 Å². The first kappa shape index (κ1) is 19.9. The van der Waals surface area contributed by atoms with Crippen molar-refractivity contribution < 1.29 is 9.53 Å². The molecule has 2 aliphatic heterocycles. The van der Waals surface area contributed by atoms with Crippen LogP contribution in [0.4, 0.5) is 10.5 Å². The molecule has 1 fully saturated rings. The van der Waals surface area contributed by atoms with Crippen LogP contribution in [0.3, 0.4) is 0 Å². The summed E-state index contributed by atoms with van der Waals surface area (Å²) < 4.78 is 6.78. The molecule has 1 amide bonds. The van der Waals surface area contributed by atoms with Crippen molar-refractivity contribution in [3.63, 3.8) is 0 Å². The largest absolute Gasteiger partial charge is 0.445 e. The van der Waals surface area contributed by atoms with Gasteiger partial charge in [0.2, 0.25) is 0 Å². The summed E-state index contributed by atoms with van der Waals surface area (Å²) in [4.78, 5) is 17.3. The zero-order valence-electron chi connectivity index (χ0n) is 17.4. The Balaban J connectivity index is 1.39. The molecule has 0 bridgehead atoms. The van der Waals surface area contributed by atoms with Gasteiger partial charge in [-0.2, -0.15) is 0 Å². The fraction of sp³-hybridized carbons (Fsp3) is 0.480. The number of hydrogen-bond donors (Lipinski definition) is 0. The van der Waals surface area contributed by atoms with Crippen LogP contribution in [0.15, 0.2) is 46.9 Å². The van der Waals surface area contributed by atoms with Gasteiger partial charge in [-0.1, -0.05) is 65.5 Å². The van der Waals surface area contributed by atoms with E-state index < -0.39 is 0 Å². The molecule has 2 heterocycles. The highest BCUT2D eigenvalue weighted by Gasteiger charge is 2.37. The van der Waals surface area contributed by atoms with E-state index in [1.165, 1.54) is 48.9 Å². The minimum Gasteiger partial charge on any atom is -0.445 e. The SMILES string of the molecule is O=C(OCc1ccccc1)N1CCN2CC3CCCCCC3c3cc(Br)cc(c32)C1. The molecule has 158 valence electrons. The lowest BCUT2D eigenvalue weighted by Crippen LogP contribution is -2.41. The Bertz CT molecular complexity index is 917. The highest BCUT2D eigenvalue weighted by Crippen LogP contribution is 2.48. The zero-order valence-corrected chi connectivity index (χ0v) is 18.9. The molecule has 30 heavy (non-hydrogen) atoms. The van der Waals surface area contributed by atoms with Gasteiger partial charge in [-0.25, -0.2) is 4.79 Å². The lowest BCUT2D eigenvalue weighted by Gasteiger charge is -2.41. The van der Waals surface area contributed by atoms with Gasteiger partial charge < -0.3 is 14.5 Å². The third-order valence-corrected chi connectivity index (χ3v) is 7.43. The predicted molar refractivity (Wildman–Crippen MR) is 123 cm³/mol. The quantitative estimate of drug-likeness (QED) is 0.534. The van der Waals surface area contributed by atoms with Gasteiger partial charge in [0.15, 0.2) is 0 Å². The van der Waals surface area contributed by atoms with E-state index in [0.717, 1.165) is 29.0 Å². The predicted octanol–water partition coefficient (Wildman–Crippen LogP) is 6.09. The number of ether oxygens (including phenoxy) is 1. The molecule has 3 aliphatic rings. The van der Waals surface area contributed by atoms with Crippen LogP contribution >= 0.6 is 15.9 Å². The van der Waals surface area contributed by atoms with Gasteiger partial charge in [-0.3, -0.25) is 0 Å². The summed E-state index contributed by atoms with van der Waals surface area (Å²) in [6, 6.07) is 14.4. The molecular weight excluding hydrogens is 440 g/mol. The van der Waals surface area contributed by atoms with Crippen molar-refractivity contribution in [3.05, 3.63) is 63.6 Å². The molecule has 0 aromatic heterocycles. The van der Waals surface area contributed by atoms with E-state index in [0.29, 0.717) is 25.6 Å². The van der Waals surface area contributed by atoms with Gasteiger partial charge in [-0.15, -0.1) is 0 Å². The lowest BCUT2D eigenvalue weighted by atomic mass is 9.77. The average molecular weight is 469 g/mol. The van der Waals surface area contributed by atoms with Crippen molar-refractivity contribution >= 4 is 27.7 Å². The van der Waals surface area contributed by atoms with Crippen LogP contribution in [-0.2, 0) is 17.9 Å². The van der Waals surface area contributed by atoms with Crippen molar-refractivity contribution in [3.8, 4) is 0 Å². The Morgan fingerprint density at radius 3 is 2.77 bits per heavy atom. The van der Waals surface area contributed by atoms with Crippen molar-refractivity contribution in [2.45, 2.75) is 51.2 Å². The normalized spacial score (nSPS) is 23.1. The number of nitrogens with zero attached hydrogens (tertiary/aromatic N) is 2. The van der Waals surface area contributed by atoms with Crippen LogP contribution in [0.2, 0.25) is 0 Å². The standard InChI is InChI=1S/C25H29BrN2O2/c26-21-13-20-16-28(25(29)30-17-18-7-3-1-4-8-18)12-11-27-15-19-9-5-2-6-10-22(19)23(14-21)24(20)27/h1,3-4,7-8,13-14,19,22H,2,5-6,9-12,15-17H2. The van der Waals surface area contributed by atoms with E-state index in [1.54, 1.807) is 0 Å². The van der Waals surface area contributed by atoms with E-state index in [9.17, 15) is 4.79 Å². The highest BCUT2D eigenvalue weighted by atomic mass is 79.9. The first-order valence-electron chi connectivity index (χ1n) is 11.2. The molecular formula is C25H29BrN2O2. The summed E-state index contributed by atoms with van der Waals surface area (Å²) in [5, 5.41) is 0. The summed E-state index contributed by atoms with van der Waals surface area (Å²) in [6.45, 7) is 3.64. The first-order valence-corrected chi connectivity index (χ1v) is 12.0. The maximum Gasteiger partial charge on any atom is 0.410 e. The van der Waals surface area contributed by atoms with Crippen LogP contribution in [0.1, 0.15) is 54.7 Å². The Kier molecular flexibility index (Phi) is 5.72. The molecule has 0 radical (unpaired) electrons. The number of fused-ring (bicyclic) bond motifs is 2. The molecule has 2 aromatic rings. The monoisotopic (exact) mass is 468 g/mol. The number of rotatable bonds is 2. The van der Waals surface area contributed by atoms with Crippen LogP contribution < -0.4 is 4.90 Å². The fourth-order valence-corrected chi connectivity index (χ4v) is 6.07. The smallest absolute Gasteiger partial charge is 0.410 e.